The van der Waals surface area contributed by atoms with Gasteiger partial charge in [-0.05, 0) is 48.3 Å². The number of aryl methyl sites for hydroxylation is 1. The second kappa shape index (κ2) is 5.51. The minimum atomic E-state index is -3.66. The first-order valence-electron chi connectivity index (χ1n) is 6.93. The lowest BCUT2D eigenvalue weighted by atomic mass is 9.94. The molecule has 1 aromatic heterocycles. The van der Waals surface area contributed by atoms with Crippen molar-refractivity contribution in [3.8, 4) is 0 Å². The maximum atomic E-state index is 11.3. The summed E-state index contributed by atoms with van der Waals surface area (Å²) in [6.45, 7) is 1.98. The highest BCUT2D eigenvalue weighted by atomic mass is 32.2. The van der Waals surface area contributed by atoms with E-state index in [2.05, 4.69) is 17.1 Å². The molecule has 22 heavy (non-hydrogen) atoms. The van der Waals surface area contributed by atoms with E-state index in [-0.39, 0.29) is 4.90 Å². The third-order valence-corrected chi connectivity index (χ3v) is 4.65. The third-order valence-electron chi connectivity index (χ3n) is 3.73. The molecule has 0 unspecified atom stereocenters. The van der Waals surface area contributed by atoms with Gasteiger partial charge in [-0.25, -0.2) is 13.6 Å². The molecule has 0 atom stereocenters. The summed E-state index contributed by atoms with van der Waals surface area (Å²) in [4.78, 5) is 4.46. The number of nitrogens with zero attached hydrogens (tertiary/aromatic N) is 1. The molecule has 0 aliphatic heterocycles. The van der Waals surface area contributed by atoms with E-state index in [9.17, 15) is 8.42 Å². The van der Waals surface area contributed by atoms with Crippen LogP contribution in [0.15, 0.2) is 59.6 Å². The van der Waals surface area contributed by atoms with Crippen LogP contribution in [0.1, 0.15) is 23.2 Å². The number of nitrogens with two attached hydrogens (primary N) is 1. The SMILES string of the molecule is Cc1ncccc1C1=CCC=C1c1ccc(S(N)(=O)=O)cc1. The number of pyridine rings is 1. The molecule has 0 fully saturated rings. The predicted molar refractivity (Wildman–Crippen MR) is 87.4 cm³/mol. The van der Waals surface area contributed by atoms with Crippen molar-refractivity contribution in [2.75, 3.05) is 0 Å². The molecule has 0 saturated carbocycles. The van der Waals surface area contributed by atoms with E-state index in [4.69, 9.17) is 5.14 Å². The molecule has 0 amide bonds. The van der Waals surface area contributed by atoms with Crippen LogP contribution in [0.25, 0.3) is 11.1 Å². The first kappa shape index (κ1) is 14.7. The van der Waals surface area contributed by atoms with E-state index in [0.717, 1.165) is 34.4 Å². The standard InChI is InChI=1S/C17H16N2O2S/c1-12-15(6-3-11-19-12)17-5-2-4-16(17)13-7-9-14(10-8-13)22(18,20)21/h3-11H,2H2,1H3,(H2,18,20,21). The molecule has 5 heteroatoms. The van der Waals surface area contributed by atoms with Gasteiger partial charge in [-0.3, -0.25) is 4.98 Å². The van der Waals surface area contributed by atoms with Crippen molar-refractivity contribution in [1.82, 2.24) is 4.98 Å². The van der Waals surface area contributed by atoms with Gasteiger partial charge < -0.3 is 0 Å². The van der Waals surface area contributed by atoms with Gasteiger partial charge >= 0.3 is 0 Å². The van der Waals surface area contributed by atoms with Crippen LogP contribution in [0.3, 0.4) is 0 Å². The van der Waals surface area contributed by atoms with Crippen LogP contribution in [0.5, 0.6) is 0 Å². The van der Waals surface area contributed by atoms with Crippen molar-refractivity contribution >= 4 is 21.2 Å². The molecular weight excluding hydrogens is 296 g/mol. The lowest BCUT2D eigenvalue weighted by molar-refractivity contribution is 0.598. The summed E-state index contributed by atoms with van der Waals surface area (Å²) in [6.07, 6.45) is 6.93. The maximum Gasteiger partial charge on any atom is 0.238 e. The van der Waals surface area contributed by atoms with Gasteiger partial charge in [-0.1, -0.05) is 30.4 Å². The zero-order valence-electron chi connectivity index (χ0n) is 12.2. The van der Waals surface area contributed by atoms with Gasteiger partial charge in [0.15, 0.2) is 0 Å². The zero-order chi connectivity index (χ0) is 15.7. The molecule has 2 N–H and O–H groups in total. The Balaban J connectivity index is 1.99. The molecule has 0 radical (unpaired) electrons. The minimum absolute atomic E-state index is 0.123. The maximum absolute atomic E-state index is 11.3. The van der Waals surface area contributed by atoms with Crippen LogP contribution in [-0.4, -0.2) is 13.4 Å². The number of primary sulfonamides is 1. The monoisotopic (exact) mass is 312 g/mol. The van der Waals surface area contributed by atoms with Crippen LogP contribution in [0.2, 0.25) is 0 Å². The topological polar surface area (TPSA) is 73.0 Å². The quantitative estimate of drug-likeness (QED) is 0.947. The summed E-state index contributed by atoms with van der Waals surface area (Å²) < 4.78 is 22.7. The lowest BCUT2D eigenvalue weighted by Crippen LogP contribution is -2.11. The molecule has 0 saturated heterocycles. The van der Waals surface area contributed by atoms with Crippen molar-refractivity contribution in [2.24, 2.45) is 5.14 Å². The van der Waals surface area contributed by atoms with E-state index in [1.54, 1.807) is 18.3 Å². The summed E-state index contributed by atoms with van der Waals surface area (Å²) in [7, 11) is -3.66. The number of allylic oxidation sites excluding steroid dienone is 4. The summed E-state index contributed by atoms with van der Waals surface area (Å²) in [5.74, 6) is 0. The average molecular weight is 312 g/mol. The molecule has 3 rings (SSSR count). The molecule has 0 bridgehead atoms. The van der Waals surface area contributed by atoms with Gasteiger partial charge in [0.1, 0.15) is 0 Å². The number of hydrogen-bond donors (Lipinski definition) is 1. The van der Waals surface area contributed by atoms with E-state index in [0.29, 0.717) is 0 Å². The number of hydrogen-bond acceptors (Lipinski definition) is 3. The number of benzene rings is 1. The Kier molecular flexibility index (Phi) is 3.68. The summed E-state index contributed by atoms with van der Waals surface area (Å²) in [5.41, 5.74) is 5.27. The Hall–Kier alpha value is -2.24. The molecule has 2 aromatic rings. The lowest BCUT2D eigenvalue weighted by Gasteiger charge is -2.12. The Morgan fingerprint density at radius 3 is 2.36 bits per heavy atom. The van der Waals surface area contributed by atoms with Gasteiger partial charge in [0.25, 0.3) is 0 Å². The van der Waals surface area contributed by atoms with Gasteiger partial charge in [0, 0.05) is 17.5 Å². The largest absolute Gasteiger partial charge is 0.261 e. The molecule has 112 valence electrons. The van der Waals surface area contributed by atoms with E-state index in [1.807, 2.05) is 19.1 Å². The summed E-state index contributed by atoms with van der Waals surface area (Å²) >= 11 is 0. The van der Waals surface area contributed by atoms with Crippen molar-refractivity contribution < 1.29 is 8.42 Å². The minimum Gasteiger partial charge on any atom is -0.261 e. The first-order valence-corrected chi connectivity index (χ1v) is 8.47. The molecule has 0 spiro atoms. The number of aromatic nitrogens is 1. The molecule has 1 aromatic carbocycles. The van der Waals surface area contributed by atoms with Crippen LogP contribution in [0, 0.1) is 6.92 Å². The Morgan fingerprint density at radius 2 is 1.73 bits per heavy atom. The van der Waals surface area contributed by atoms with Crippen LogP contribution >= 0.6 is 0 Å². The Bertz CT molecular complexity index is 879. The average Bonchev–Trinajstić information content (AvgIpc) is 2.96. The van der Waals surface area contributed by atoms with Gasteiger partial charge in [-0.15, -0.1) is 0 Å². The summed E-state index contributed by atoms with van der Waals surface area (Å²) in [5, 5.41) is 5.14. The fraction of sp³-hybridized carbons (Fsp3) is 0.118. The highest BCUT2D eigenvalue weighted by Gasteiger charge is 2.17. The van der Waals surface area contributed by atoms with Crippen LogP contribution in [-0.2, 0) is 10.0 Å². The second-order valence-corrected chi connectivity index (χ2v) is 6.74. The highest BCUT2D eigenvalue weighted by Crippen LogP contribution is 2.37. The normalized spacial score (nSPS) is 14.6. The van der Waals surface area contributed by atoms with Crippen molar-refractivity contribution in [2.45, 2.75) is 18.2 Å². The fourth-order valence-electron chi connectivity index (χ4n) is 2.64. The molecule has 4 nitrogen and oxygen atoms in total. The van der Waals surface area contributed by atoms with Crippen LogP contribution < -0.4 is 5.14 Å². The molecule has 1 aliphatic rings. The molecule has 1 heterocycles. The van der Waals surface area contributed by atoms with Crippen LogP contribution in [0.4, 0.5) is 0 Å². The number of rotatable bonds is 3. The van der Waals surface area contributed by atoms with Gasteiger partial charge in [0.05, 0.1) is 4.90 Å². The zero-order valence-corrected chi connectivity index (χ0v) is 13.0. The van der Waals surface area contributed by atoms with Crippen molar-refractivity contribution in [3.05, 3.63) is 71.6 Å². The second-order valence-electron chi connectivity index (χ2n) is 5.18. The predicted octanol–water partition coefficient (Wildman–Crippen LogP) is 2.91. The van der Waals surface area contributed by atoms with E-state index >= 15 is 0 Å². The highest BCUT2D eigenvalue weighted by molar-refractivity contribution is 7.89. The van der Waals surface area contributed by atoms with Gasteiger partial charge in [0.2, 0.25) is 10.0 Å². The number of sulfonamides is 1. The first-order chi connectivity index (χ1) is 10.5. The van der Waals surface area contributed by atoms with Crippen molar-refractivity contribution in [3.63, 3.8) is 0 Å². The molecule has 1 aliphatic carbocycles. The third kappa shape index (κ3) is 2.73. The fourth-order valence-corrected chi connectivity index (χ4v) is 3.15. The Labute approximate surface area is 130 Å². The Morgan fingerprint density at radius 1 is 1.05 bits per heavy atom. The van der Waals surface area contributed by atoms with E-state index in [1.165, 1.54) is 12.1 Å². The summed E-state index contributed by atoms with van der Waals surface area (Å²) in [6, 6.07) is 10.6. The smallest absolute Gasteiger partial charge is 0.238 e. The van der Waals surface area contributed by atoms with Gasteiger partial charge in [-0.2, -0.15) is 0 Å². The van der Waals surface area contributed by atoms with Crippen molar-refractivity contribution in [1.29, 1.82) is 0 Å². The molecular formula is C17H16N2O2S. The van der Waals surface area contributed by atoms with E-state index < -0.39 is 10.0 Å².